The highest BCUT2D eigenvalue weighted by atomic mass is 16.5. The zero-order valence-electron chi connectivity index (χ0n) is 16.5. The lowest BCUT2D eigenvalue weighted by Gasteiger charge is -2.23. The normalized spacial score (nSPS) is 10.1. The van der Waals surface area contributed by atoms with E-state index in [0.29, 0.717) is 30.0 Å². The van der Waals surface area contributed by atoms with Crippen molar-refractivity contribution in [1.29, 1.82) is 5.26 Å². The number of ether oxygens (including phenoxy) is 1. The minimum atomic E-state index is -0.247. The molecule has 28 heavy (non-hydrogen) atoms. The summed E-state index contributed by atoms with van der Waals surface area (Å²) >= 11 is 0. The number of rotatable bonds is 8. The fraction of sp³-hybridized carbons (Fsp3) is 0.318. The van der Waals surface area contributed by atoms with Crippen molar-refractivity contribution in [2.24, 2.45) is 0 Å². The van der Waals surface area contributed by atoms with Gasteiger partial charge >= 0.3 is 0 Å². The molecule has 6 heteroatoms. The number of benzene rings is 2. The number of carbonyl (C=O) groups is 2. The zero-order valence-corrected chi connectivity index (χ0v) is 16.5. The van der Waals surface area contributed by atoms with Gasteiger partial charge in [-0.1, -0.05) is 24.3 Å². The molecule has 0 radical (unpaired) electrons. The largest absolute Gasteiger partial charge is 0.489 e. The minimum Gasteiger partial charge on any atom is -0.489 e. The molecule has 6 nitrogen and oxygen atoms in total. The Balaban J connectivity index is 2.04. The summed E-state index contributed by atoms with van der Waals surface area (Å²) < 4.78 is 5.76. The average Bonchev–Trinajstić information content (AvgIpc) is 2.72. The van der Waals surface area contributed by atoms with Crippen LogP contribution < -0.4 is 4.74 Å². The van der Waals surface area contributed by atoms with E-state index in [9.17, 15) is 9.59 Å². The summed E-state index contributed by atoms with van der Waals surface area (Å²) in [5.41, 5.74) is 1.79. The van der Waals surface area contributed by atoms with Crippen LogP contribution in [0.3, 0.4) is 0 Å². The van der Waals surface area contributed by atoms with Gasteiger partial charge in [0.1, 0.15) is 12.4 Å². The number of carbonyl (C=O) groups excluding carboxylic acids is 2. The maximum absolute atomic E-state index is 12.7. The van der Waals surface area contributed by atoms with Gasteiger partial charge in [-0.15, -0.1) is 0 Å². The predicted octanol–water partition coefficient (Wildman–Crippen LogP) is 3.08. The monoisotopic (exact) mass is 379 g/mol. The van der Waals surface area contributed by atoms with Gasteiger partial charge in [0.15, 0.2) is 0 Å². The van der Waals surface area contributed by atoms with Gasteiger partial charge < -0.3 is 14.5 Å². The quantitative estimate of drug-likeness (QED) is 0.706. The molecule has 146 valence electrons. The molecule has 2 aromatic rings. The topological polar surface area (TPSA) is 73.6 Å². The van der Waals surface area contributed by atoms with Crippen molar-refractivity contribution in [2.45, 2.75) is 20.5 Å². The molecule has 2 aromatic carbocycles. The van der Waals surface area contributed by atoms with Gasteiger partial charge in [-0.25, -0.2) is 0 Å². The molecule has 0 aromatic heterocycles. The number of amides is 2. The number of hydrogen-bond donors (Lipinski definition) is 0. The van der Waals surface area contributed by atoms with Crippen molar-refractivity contribution in [1.82, 2.24) is 9.80 Å². The molecule has 0 heterocycles. The van der Waals surface area contributed by atoms with Crippen LogP contribution in [0.1, 0.15) is 35.3 Å². The van der Waals surface area contributed by atoms with Crippen LogP contribution in [0.4, 0.5) is 0 Å². The fourth-order valence-electron chi connectivity index (χ4n) is 2.81. The maximum Gasteiger partial charge on any atom is 0.254 e. The second kappa shape index (κ2) is 10.1. The highest BCUT2D eigenvalue weighted by Gasteiger charge is 2.18. The molecule has 2 rings (SSSR count). The first-order valence-electron chi connectivity index (χ1n) is 9.24. The van der Waals surface area contributed by atoms with E-state index in [1.807, 2.05) is 26.0 Å². The number of hydrogen-bond acceptors (Lipinski definition) is 4. The van der Waals surface area contributed by atoms with E-state index >= 15 is 0 Å². The Bertz CT molecular complexity index is 869. The summed E-state index contributed by atoms with van der Waals surface area (Å²) in [6.45, 7) is 5.32. The van der Waals surface area contributed by atoms with Crippen LogP contribution in [0, 0.1) is 11.3 Å². The first kappa shape index (κ1) is 21.0. The van der Waals surface area contributed by atoms with Crippen molar-refractivity contribution in [3.8, 4) is 11.8 Å². The lowest BCUT2D eigenvalue weighted by Crippen LogP contribution is -2.41. The molecule has 0 spiro atoms. The number of likely N-dealkylation sites (N-methyl/N-ethyl adjacent to an activating group) is 2. The Kier molecular flexibility index (Phi) is 7.58. The van der Waals surface area contributed by atoms with E-state index in [1.54, 1.807) is 48.3 Å². The second-order valence-corrected chi connectivity index (χ2v) is 6.31. The van der Waals surface area contributed by atoms with Gasteiger partial charge in [0.25, 0.3) is 5.91 Å². The number of nitriles is 1. The van der Waals surface area contributed by atoms with Crippen molar-refractivity contribution in [3.63, 3.8) is 0 Å². The van der Waals surface area contributed by atoms with Crippen LogP contribution in [-0.2, 0) is 11.4 Å². The van der Waals surface area contributed by atoms with Crippen LogP contribution in [0.25, 0.3) is 0 Å². The van der Waals surface area contributed by atoms with Crippen LogP contribution >= 0.6 is 0 Å². The second-order valence-electron chi connectivity index (χ2n) is 6.31. The Morgan fingerprint density at radius 1 is 1.07 bits per heavy atom. The standard InChI is InChI=1S/C22H25N3O3/c1-4-25(5-2)21(26)15-24(3)22(27)17-11-8-12-20(13-17)28-16-19-10-7-6-9-18(19)14-23/h6-13H,4-5,15-16H2,1-3H3. The Morgan fingerprint density at radius 3 is 2.46 bits per heavy atom. The molecule has 0 fully saturated rings. The molecular weight excluding hydrogens is 354 g/mol. The summed E-state index contributed by atoms with van der Waals surface area (Å²) in [7, 11) is 1.61. The van der Waals surface area contributed by atoms with Crippen molar-refractivity contribution < 1.29 is 14.3 Å². The van der Waals surface area contributed by atoms with E-state index in [1.165, 1.54) is 4.90 Å². The number of nitrogens with zero attached hydrogens (tertiary/aromatic N) is 3. The first-order chi connectivity index (χ1) is 13.5. The van der Waals surface area contributed by atoms with E-state index in [4.69, 9.17) is 10.00 Å². The van der Waals surface area contributed by atoms with Crippen LogP contribution in [0.5, 0.6) is 5.75 Å². The van der Waals surface area contributed by atoms with Crippen molar-refractivity contribution in [3.05, 3.63) is 65.2 Å². The molecule has 0 aliphatic rings. The van der Waals surface area contributed by atoms with Gasteiger partial charge in [-0.2, -0.15) is 5.26 Å². The molecule has 0 saturated carbocycles. The highest BCUT2D eigenvalue weighted by molar-refractivity contribution is 5.96. The highest BCUT2D eigenvalue weighted by Crippen LogP contribution is 2.17. The predicted molar refractivity (Wildman–Crippen MR) is 107 cm³/mol. The van der Waals surface area contributed by atoms with E-state index in [2.05, 4.69) is 6.07 Å². The zero-order chi connectivity index (χ0) is 20.5. The summed E-state index contributed by atoms with van der Waals surface area (Å²) in [5.74, 6) is 0.201. The molecular formula is C22H25N3O3. The molecule has 0 aliphatic heterocycles. The lowest BCUT2D eigenvalue weighted by molar-refractivity contribution is -0.131. The molecule has 0 saturated heterocycles. The summed E-state index contributed by atoms with van der Waals surface area (Å²) in [6.07, 6.45) is 0. The van der Waals surface area contributed by atoms with Crippen molar-refractivity contribution in [2.75, 3.05) is 26.7 Å². The average molecular weight is 379 g/mol. The Hall–Kier alpha value is -3.33. The minimum absolute atomic E-state index is 0.0289. The fourth-order valence-corrected chi connectivity index (χ4v) is 2.81. The van der Waals surface area contributed by atoms with Gasteiger partial charge in [0, 0.05) is 31.3 Å². The van der Waals surface area contributed by atoms with Gasteiger partial charge in [-0.05, 0) is 38.1 Å². The summed E-state index contributed by atoms with van der Waals surface area (Å²) in [5, 5.41) is 9.15. The molecule has 0 aliphatic carbocycles. The SMILES string of the molecule is CCN(CC)C(=O)CN(C)C(=O)c1cccc(OCc2ccccc2C#N)c1. The third kappa shape index (κ3) is 5.34. The van der Waals surface area contributed by atoms with Crippen molar-refractivity contribution >= 4 is 11.8 Å². The van der Waals surface area contributed by atoms with E-state index < -0.39 is 0 Å². The Labute approximate surface area is 165 Å². The lowest BCUT2D eigenvalue weighted by atomic mass is 10.1. The third-order valence-electron chi connectivity index (χ3n) is 4.45. The smallest absolute Gasteiger partial charge is 0.254 e. The molecule has 2 amide bonds. The summed E-state index contributed by atoms with van der Waals surface area (Å²) in [4.78, 5) is 28.0. The van der Waals surface area contributed by atoms with Gasteiger partial charge in [0.05, 0.1) is 18.2 Å². The van der Waals surface area contributed by atoms with Crippen LogP contribution in [0.15, 0.2) is 48.5 Å². The van der Waals surface area contributed by atoms with Crippen LogP contribution in [-0.4, -0.2) is 48.3 Å². The molecule has 0 atom stereocenters. The molecule has 0 unspecified atom stereocenters. The van der Waals surface area contributed by atoms with E-state index in [0.717, 1.165) is 5.56 Å². The first-order valence-corrected chi connectivity index (χ1v) is 9.24. The van der Waals surface area contributed by atoms with Gasteiger partial charge in [-0.3, -0.25) is 9.59 Å². The van der Waals surface area contributed by atoms with E-state index in [-0.39, 0.29) is 25.0 Å². The Morgan fingerprint density at radius 2 is 1.79 bits per heavy atom. The maximum atomic E-state index is 12.7. The molecule has 0 N–H and O–H groups in total. The third-order valence-corrected chi connectivity index (χ3v) is 4.45. The van der Waals surface area contributed by atoms with Gasteiger partial charge in [0.2, 0.25) is 5.91 Å². The van der Waals surface area contributed by atoms with Crippen LogP contribution in [0.2, 0.25) is 0 Å². The summed E-state index contributed by atoms with van der Waals surface area (Å²) in [6, 6.07) is 16.2. The molecule has 0 bridgehead atoms.